The number of nitrogens with zero attached hydrogens (tertiary/aromatic N) is 3. The highest BCUT2D eigenvalue weighted by molar-refractivity contribution is 5.71. The number of hydrogen-bond acceptors (Lipinski definition) is 4. The molecule has 0 saturated carbocycles. The lowest BCUT2D eigenvalue weighted by atomic mass is 10.4. The molecule has 4 heteroatoms. The van der Waals surface area contributed by atoms with Gasteiger partial charge in [-0.3, -0.25) is 0 Å². The van der Waals surface area contributed by atoms with Crippen molar-refractivity contribution in [3.8, 4) is 0 Å². The molecule has 0 atom stereocenters. The third-order valence-electron chi connectivity index (χ3n) is 1.24. The average Bonchev–Trinajstić information content (AvgIpc) is 2.33. The molecule has 50 valence electrons. The molecule has 4 nitrogen and oxygen atoms in total. The number of hydrogen-bond donors (Lipinski definition) is 0. The van der Waals surface area contributed by atoms with Gasteiger partial charge in [-0.25, -0.2) is 0 Å². The lowest BCUT2D eigenvalue weighted by Gasteiger charge is -1.85. The van der Waals surface area contributed by atoms with Gasteiger partial charge in [-0.15, -0.1) is 5.10 Å². The van der Waals surface area contributed by atoms with Crippen LogP contribution in [-0.4, -0.2) is 15.4 Å². The lowest BCUT2D eigenvalue weighted by molar-refractivity contribution is 0.428. The SMILES string of the molecule is Cc1cc2nocc2nn1. The smallest absolute Gasteiger partial charge is 0.153 e. The third-order valence-corrected chi connectivity index (χ3v) is 1.24. The minimum absolute atomic E-state index is 0.700. The summed E-state index contributed by atoms with van der Waals surface area (Å²) in [4.78, 5) is 0. The molecule has 0 aromatic carbocycles. The minimum Gasteiger partial charge on any atom is -0.362 e. The molecule has 2 rings (SSSR count). The van der Waals surface area contributed by atoms with Crippen LogP contribution < -0.4 is 0 Å². The first kappa shape index (κ1) is 5.34. The van der Waals surface area contributed by atoms with Crippen molar-refractivity contribution < 1.29 is 4.52 Å². The van der Waals surface area contributed by atoms with Gasteiger partial charge in [0.05, 0.1) is 5.69 Å². The Hall–Kier alpha value is -1.45. The molecule has 0 unspecified atom stereocenters. The predicted octanol–water partition coefficient (Wildman–Crippen LogP) is 0.926. The van der Waals surface area contributed by atoms with Gasteiger partial charge in [0, 0.05) is 0 Å². The van der Waals surface area contributed by atoms with E-state index in [0.717, 1.165) is 11.2 Å². The third kappa shape index (κ3) is 0.655. The van der Waals surface area contributed by atoms with Crippen LogP contribution in [0.5, 0.6) is 0 Å². The van der Waals surface area contributed by atoms with Gasteiger partial charge in [-0.05, 0) is 13.0 Å². The second kappa shape index (κ2) is 1.76. The first-order chi connectivity index (χ1) is 4.86. The largest absolute Gasteiger partial charge is 0.362 e. The summed E-state index contributed by atoms with van der Waals surface area (Å²) in [5.41, 5.74) is 2.31. The molecular formula is C6H5N3O. The highest BCUT2D eigenvalue weighted by Crippen LogP contribution is 2.06. The molecule has 2 aromatic heterocycles. The number of rotatable bonds is 0. The summed E-state index contributed by atoms with van der Waals surface area (Å²) >= 11 is 0. The van der Waals surface area contributed by atoms with Crippen molar-refractivity contribution in [2.45, 2.75) is 6.92 Å². The Morgan fingerprint density at radius 1 is 1.30 bits per heavy atom. The fraction of sp³-hybridized carbons (Fsp3) is 0.167. The molecule has 0 radical (unpaired) electrons. The van der Waals surface area contributed by atoms with E-state index in [1.807, 2.05) is 13.0 Å². The molecule has 0 aliphatic carbocycles. The zero-order valence-electron chi connectivity index (χ0n) is 5.40. The first-order valence-electron chi connectivity index (χ1n) is 2.91. The Labute approximate surface area is 56.9 Å². The Bertz CT molecular complexity index is 355. The van der Waals surface area contributed by atoms with Crippen LogP contribution in [0.25, 0.3) is 11.0 Å². The Balaban J connectivity index is 2.86. The molecule has 0 aliphatic heterocycles. The summed E-state index contributed by atoms with van der Waals surface area (Å²) in [6.07, 6.45) is 1.47. The summed E-state index contributed by atoms with van der Waals surface area (Å²) in [6.45, 7) is 1.86. The Morgan fingerprint density at radius 3 is 3.10 bits per heavy atom. The normalized spacial score (nSPS) is 10.5. The Kier molecular flexibility index (Phi) is 0.943. The summed E-state index contributed by atoms with van der Waals surface area (Å²) in [5, 5.41) is 11.4. The van der Waals surface area contributed by atoms with Crippen molar-refractivity contribution in [1.82, 2.24) is 15.4 Å². The van der Waals surface area contributed by atoms with Crippen molar-refractivity contribution in [2.24, 2.45) is 0 Å². The van der Waals surface area contributed by atoms with Gasteiger partial charge in [0.2, 0.25) is 0 Å². The summed E-state index contributed by atoms with van der Waals surface area (Å²) in [6, 6.07) is 1.83. The molecule has 0 bridgehead atoms. The van der Waals surface area contributed by atoms with E-state index in [2.05, 4.69) is 19.9 Å². The standard InChI is InChI=1S/C6H5N3O/c1-4-2-5-6(8-7-4)3-10-9-5/h2-3H,1H3. The zero-order chi connectivity index (χ0) is 6.97. The fourth-order valence-corrected chi connectivity index (χ4v) is 0.775. The van der Waals surface area contributed by atoms with Crippen LogP contribution in [0.15, 0.2) is 16.9 Å². The van der Waals surface area contributed by atoms with E-state index >= 15 is 0 Å². The van der Waals surface area contributed by atoms with Crippen molar-refractivity contribution in [2.75, 3.05) is 0 Å². The van der Waals surface area contributed by atoms with E-state index in [1.54, 1.807) is 0 Å². The van der Waals surface area contributed by atoms with Gasteiger partial charge in [0.15, 0.2) is 11.8 Å². The molecular weight excluding hydrogens is 130 g/mol. The first-order valence-corrected chi connectivity index (χ1v) is 2.91. The molecule has 0 saturated heterocycles. The van der Waals surface area contributed by atoms with Gasteiger partial charge < -0.3 is 4.52 Å². The second-order valence-corrected chi connectivity index (χ2v) is 2.07. The van der Waals surface area contributed by atoms with Crippen LogP contribution in [0.4, 0.5) is 0 Å². The molecule has 10 heavy (non-hydrogen) atoms. The Morgan fingerprint density at radius 2 is 2.20 bits per heavy atom. The van der Waals surface area contributed by atoms with E-state index in [4.69, 9.17) is 0 Å². The number of aromatic nitrogens is 3. The highest BCUT2D eigenvalue weighted by Gasteiger charge is 1.98. The lowest BCUT2D eigenvalue weighted by Crippen LogP contribution is -1.84. The summed E-state index contributed by atoms with van der Waals surface area (Å²) < 4.78 is 4.67. The zero-order valence-corrected chi connectivity index (χ0v) is 5.40. The van der Waals surface area contributed by atoms with Crippen LogP contribution in [0.2, 0.25) is 0 Å². The molecule has 0 spiro atoms. The quantitative estimate of drug-likeness (QED) is 0.539. The van der Waals surface area contributed by atoms with Crippen LogP contribution in [0.1, 0.15) is 5.69 Å². The van der Waals surface area contributed by atoms with Crippen LogP contribution >= 0.6 is 0 Å². The summed E-state index contributed by atoms with van der Waals surface area (Å²) in [5.74, 6) is 0. The maximum atomic E-state index is 4.67. The van der Waals surface area contributed by atoms with E-state index in [9.17, 15) is 0 Å². The van der Waals surface area contributed by atoms with E-state index in [-0.39, 0.29) is 0 Å². The minimum atomic E-state index is 0.700. The van der Waals surface area contributed by atoms with Gasteiger partial charge in [-0.2, -0.15) is 5.10 Å². The van der Waals surface area contributed by atoms with Gasteiger partial charge >= 0.3 is 0 Å². The molecule has 0 aliphatic rings. The van der Waals surface area contributed by atoms with Crippen molar-refractivity contribution >= 4 is 11.0 Å². The van der Waals surface area contributed by atoms with Gasteiger partial charge in [0.25, 0.3) is 0 Å². The van der Waals surface area contributed by atoms with Crippen molar-refractivity contribution in [3.63, 3.8) is 0 Å². The maximum Gasteiger partial charge on any atom is 0.153 e. The number of fused-ring (bicyclic) bond motifs is 1. The second-order valence-electron chi connectivity index (χ2n) is 2.07. The fourth-order valence-electron chi connectivity index (χ4n) is 0.775. The van der Waals surface area contributed by atoms with E-state index in [0.29, 0.717) is 5.52 Å². The molecule has 2 aromatic rings. The summed E-state index contributed by atoms with van der Waals surface area (Å²) in [7, 11) is 0. The van der Waals surface area contributed by atoms with E-state index in [1.165, 1.54) is 6.26 Å². The molecule has 0 fully saturated rings. The van der Waals surface area contributed by atoms with Gasteiger partial charge in [-0.1, -0.05) is 5.16 Å². The van der Waals surface area contributed by atoms with Crippen molar-refractivity contribution in [1.29, 1.82) is 0 Å². The number of aryl methyl sites for hydroxylation is 1. The topological polar surface area (TPSA) is 51.8 Å². The van der Waals surface area contributed by atoms with Gasteiger partial charge in [0.1, 0.15) is 5.52 Å². The predicted molar refractivity (Wildman–Crippen MR) is 34.3 cm³/mol. The van der Waals surface area contributed by atoms with Crippen LogP contribution in [0.3, 0.4) is 0 Å². The monoisotopic (exact) mass is 135 g/mol. The van der Waals surface area contributed by atoms with Crippen LogP contribution in [0, 0.1) is 6.92 Å². The highest BCUT2D eigenvalue weighted by atomic mass is 16.5. The maximum absolute atomic E-state index is 4.67. The average molecular weight is 135 g/mol. The molecule has 0 amide bonds. The molecule has 0 N–H and O–H groups in total. The van der Waals surface area contributed by atoms with Crippen LogP contribution in [-0.2, 0) is 0 Å². The van der Waals surface area contributed by atoms with Crippen molar-refractivity contribution in [3.05, 3.63) is 18.0 Å². The molecule has 2 heterocycles. The van der Waals surface area contributed by atoms with E-state index < -0.39 is 0 Å².